The summed E-state index contributed by atoms with van der Waals surface area (Å²) in [4.78, 5) is 36.7. The van der Waals surface area contributed by atoms with Crippen molar-refractivity contribution in [2.45, 2.75) is 6.61 Å². The van der Waals surface area contributed by atoms with Gasteiger partial charge in [0.05, 0.1) is 18.7 Å². The second-order valence-corrected chi connectivity index (χ2v) is 8.17. The zero-order valence-electron chi connectivity index (χ0n) is 16.6. The average Bonchev–Trinajstić information content (AvgIpc) is 3.01. The summed E-state index contributed by atoms with van der Waals surface area (Å²) in [5.74, 6) is -0.370. The van der Waals surface area contributed by atoms with E-state index in [9.17, 15) is 14.4 Å². The highest BCUT2D eigenvalue weighted by atomic mass is 79.9. The number of hydrogen-bond acceptors (Lipinski definition) is 6. The second kappa shape index (κ2) is 9.97. The Hall–Kier alpha value is -2.85. The van der Waals surface area contributed by atoms with E-state index in [1.54, 1.807) is 12.1 Å². The lowest BCUT2D eigenvalue weighted by molar-refractivity contribution is -0.143. The van der Waals surface area contributed by atoms with E-state index < -0.39 is 24.5 Å². The first-order chi connectivity index (χ1) is 14.8. The molecule has 3 amide bonds. The molecule has 2 aromatic rings. The molecular formula is C21H18Br2N2O6. The highest BCUT2D eigenvalue weighted by Crippen LogP contribution is 2.38. The number of carbonyl (C=O) groups is 3. The number of methoxy groups -OCH3 is 2. The largest absolute Gasteiger partial charge is 0.493 e. The lowest BCUT2D eigenvalue weighted by Gasteiger charge is -2.14. The first-order valence-corrected chi connectivity index (χ1v) is 10.6. The number of rotatable bonds is 7. The Morgan fingerprint density at radius 1 is 1.13 bits per heavy atom. The molecule has 1 fully saturated rings. The molecule has 1 saturated heterocycles. The quantitative estimate of drug-likeness (QED) is 0.318. The fourth-order valence-electron chi connectivity index (χ4n) is 2.77. The molecule has 1 aliphatic heterocycles. The summed E-state index contributed by atoms with van der Waals surface area (Å²) < 4.78 is 17.5. The second-order valence-electron chi connectivity index (χ2n) is 6.40. The Labute approximate surface area is 195 Å². The van der Waals surface area contributed by atoms with E-state index in [1.165, 1.54) is 20.3 Å². The summed E-state index contributed by atoms with van der Waals surface area (Å²) in [7, 11) is 2.69. The average molecular weight is 554 g/mol. The first-order valence-electron chi connectivity index (χ1n) is 8.98. The minimum atomic E-state index is -0.693. The van der Waals surface area contributed by atoms with Crippen LogP contribution in [-0.4, -0.2) is 43.6 Å². The number of hydrogen-bond donors (Lipinski definition) is 1. The number of imide groups is 1. The van der Waals surface area contributed by atoms with E-state index in [0.717, 1.165) is 14.9 Å². The molecule has 0 saturated carbocycles. The summed E-state index contributed by atoms with van der Waals surface area (Å²) in [6.45, 7) is -0.131. The molecule has 0 unspecified atom stereocenters. The van der Waals surface area contributed by atoms with Crippen LogP contribution in [0.3, 0.4) is 0 Å². The molecule has 0 atom stereocenters. The summed E-state index contributed by atoms with van der Waals surface area (Å²) in [5.41, 5.74) is 1.60. The van der Waals surface area contributed by atoms with Crippen LogP contribution in [0.1, 0.15) is 11.1 Å². The maximum atomic E-state index is 12.5. The van der Waals surface area contributed by atoms with Gasteiger partial charge in [0.1, 0.15) is 18.8 Å². The number of carbonyl (C=O) groups excluding carboxylic acids is 3. The van der Waals surface area contributed by atoms with E-state index in [4.69, 9.17) is 9.47 Å². The van der Waals surface area contributed by atoms with Gasteiger partial charge in [0.25, 0.3) is 5.91 Å². The minimum absolute atomic E-state index is 0.0337. The van der Waals surface area contributed by atoms with Gasteiger partial charge >= 0.3 is 12.0 Å². The van der Waals surface area contributed by atoms with E-state index in [-0.39, 0.29) is 5.70 Å². The molecule has 31 heavy (non-hydrogen) atoms. The molecule has 0 bridgehead atoms. The van der Waals surface area contributed by atoms with Gasteiger partial charge in [0.15, 0.2) is 11.5 Å². The zero-order valence-corrected chi connectivity index (χ0v) is 19.8. The molecule has 1 N–H and O–H groups in total. The molecule has 1 aliphatic rings. The number of nitrogens with one attached hydrogen (secondary N) is 1. The van der Waals surface area contributed by atoms with Crippen LogP contribution in [0.5, 0.6) is 11.5 Å². The van der Waals surface area contributed by atoms with Crippen molar-refractivity contribution in [2.75, 3.05) is 20.8 Å². The van der Waals surface area contributed by atoms with Gasteiger partial charge in [-0.1, -0.05) is 28.1 Å². The van der Waals surface area contributed by atoms with Crippen LogP contribution in [0.15, 0.2) is 51.0 Å². The van der Waals surface area contributed by atoms with Crippen LogP contribution in [0.2, 0.25) is 0 Å². The highest BCUT2D eigenvalue weighted by molar-refractivity contribution is 9.10. The highest BCUT2D eigenvalue weighted by Gasteiger charge is 2.35. The van der Waals surface area contributed by atoms with Crippen LogP contribution in [0.25, 0.3) is 6.08 Å². The molecule has 0 spiro atoms. The molecule has 0 aromatic heterocycles. The number of nitrogens with zero attached hydrogens (tertiary/aromatic N) is 1. The minimum Gasteiger partial charge on any atom is -0.493 e. The zero-order chi connectivity index (χ0) is 22.5. The Kier molecular flexibility index (Phi) is 7.34. The van der Waals surface area contributed by atoms with Gasteiger partial charge in [-0.25, -0.2) is 9.69 Å². The molecule has 8 nitrogen and oxygen atoms in total. The smallest absolute Gasteiger partial charge is 0.329 e. The summed E-state index contributed by atoms with van der Waals surface area (Å²) in [6.07, 6.45) is 1.49. The topological polar surface area (TPSA) is 94.2 Å². The van der Waals surface area contributed by atoms with Crippen LogP contribution in [0, 0.1) is 0 Å². The van der Waals surface area contributed by atoms with E-state index >= 15 is 0 Å². The van der Waals surface area contributed by atoms with E-state index in [0.29, 0.717) is 28.1 Å². The van der Waals surface area contributed by atoms with Crippen molar-refractivity contribution < 1.29 is 28.6 Å². The lowest BCUT2D eigenvalue weighted by Crippen LogP contribution is -2.36. The number of halogens is 2. The van der Waals surface area contributed by atoms with Gasteiger partial charge in [-0.3, -0.25) is 9.59 Å². The molecular weight excluding hydrogens is 536 g/mol. The van der Waals surface area contributed by atoms with Crippen LogP contribution in [0.4, 0.5) is 4.79 Å². The van der Waals surface area contributed by atoms with Gasteiger partial charge in [-0.05, 0) is 57.4 Å². The maximum absolute atomic E-state index is 12.5. The molecule has 1 heterocycles. The Morgan fingerprint density at radius 2 is 1.84 bits per heavy atom. The van der Waals surface area contributed by atoms with Crippen molar-refractivity contribution in [1.29, 1.82) is 0 Å². The molecule has 0 radical (unpaired) electrons. The SMILES string of the molecule is COC(=O)CN1C(=O)N/C(=C/c2cc(Br)c(OCc3ccc(Br)cc3)c(OC)c2)C1=O. The van der Waals surface area contributed by atoms with Crippen molar-refractivity contribution in [1.82, 2.24) is 10.2 Å². The fourth-order valence-corrected chi connectivity index (χ4v) is 3.61. The number of esters is 1. The third-order valence-corrected chi connectivity index (χ3v) is 5.45. The molecule has 3 rings (SSSR count). The first kappa shape index (κ1) is 22.8. The maximum Gasteiger partial charge on any atom is 0.329 e. The summed E-state index contributed by atoms with van der Waals surface area (Å²) in [6, 6.07) is 10.5. The van der Waals surface area contributed by atoms with Crippen LogP contribution < -0.4 is 14.8 Å². The van der Waals surface area contributed by atoms with Crippen molar-refractivity contribution in [3.63, 3.8) is 0 Å². The summed E-state index contributed by atoms with van der Waals surface area (Å²) in [5, 5.41) is 2.45. The lowest BCUT2D eigenvalue weighted by atomic mass is 10.1. The van der Waals surface area contributed by atoms with Crippen LogP contribution in [-0.2, 0) is 20.9 Å². The standard InChI is InChI=1S/C21H18Br2N2O6/c1-29-17-9-13(8-16-20(27)25(21(28)24-16)10-18(26)30-2)7-15(23)19(17)31-11-12-3-5-14(22)6-4-12/h3-9H,10-11H2,1-2H3,(H,24,28)/b16-8+. The van der Waals surface area contributed by atoms with E-state index in [1.807, 2.05) is 24.3 Å². The van der Waals surface area contributed by atoms with Gasteiger partial charge in [0, 0.05) is 4.47 Å². The Balaban J connectivity index is 1.80. The molecule has 10 heteroatoms. The third-order valence-electron chi connectivity index (χ3n) is 4.34. The molecule has 2 aromatic carbocycles. The van der Waals surface area contributed by atoms with Gasteiger partial charge in [-0.2, -0.15) is 0 Å². The van der Waals surface area contributed by atoms with Gasteiger partial charge in [0.2, 0.25) is 0 Å². The predicted molar refractivity (Wildman–Crippen MR) is 119 cm³/mol. The van der Waals surface area contributed by atoms with Crippen molar-refractivity contribution in [3.8, 4) is 11.5 Å². The van der Waals surface area contributed by atoms with Crippen molar-refractivity contribution in [2.24, 2.45) is 0 Å². The number of urea groups is 1. The van der Waals surface area contributed by atoms with Crippen molar-refractivity contribution >= 4 is 55.8 Å². The molecule has 162 valence electrons. The Bertz CT molecular complexity index is 1050. The predicted octanol–water partition coefficient (Wildman–Crippen LogP) is 3.86. The van der Waals surface area contributed by atoms with Crippen molar-refractivity contribution in [3.05, 3.63) is 62.2 Å². The number of benzene rings is 2. The van der Waals surface area contributed by atoms with E-state index in [2.05, 4.69) is 41.9 Å². The number of amides is 3. The Morgan fingerprint density at radius 3 is 2.48 bits per heavy atom. The molecule has 0 aliphatic carbocycles. The fraction of sp³-hybridized carbons (Fsp3) is 0.190. The van der Waals surface area contributed by atoms with Gasteiger partial charge in [-0.15, -0.1) is 0 Å². The van der Waals surface area contributed by atoms with Gasteiger partial charge < -0.3 is 19.5 Å². The normalized spacial score (nSPS) is 14.6. The summed E-state index contributed by atoms with van der Waals surface area (Å²) >= 11 is 6.87. The third kappa shape index (κ3) is 5.45. The monoisotopic (exact) mass is 552 g/mol. The van der Waals surface area contributed by atoms with Crippen LogP contribution >= 0.6 is 31.9 Å². The number of ether oxygens (including phenoxy) is 3.